The van der Waals surface area contributed by atoms with Crippen LogP contribution in [0.1, 0.15) is 38.2 Å². The Balaban J connectivity index is 1.42. The maximum absolute atomic E-state index is 12.2. The fourth-order valence-corrected chi connectivity index (χ4v) is 2.76. The molecule has 6 heteroatoms. The highest BCUT2D eigenvalue weighted by Gasteiger charge is 2.26. The van der Waals surface area contributed by atoms with E-state index < -0.39 is 6.10 Å². The third-order valence-corrected chi connectivity index (χ3v) is 4.34. The number of carbonyl (C=O) groups is 1. The second-order valence-electron chi connectivity index (χ2n) is 6.58. The molecule has 0 bridgehead atoms. The van der Waals surface area contributed by atoms with Crippen molar-refractivity contribution >= 4 is 12.1 Å². The number of nitrogens with zero attached hydrogens (tertiary/aromatic N) is 1. The Bertz CT molecular complexity index is 789. The van der Waals surface area contributed by atoms with Gasteiger partial charge in [-0.1, -0.05) is 38.3 Å². The normalized spacial score (nSPS) is 15.4. The molecule has 1 aliphatic rings. The molecule has 0 saturated heterocycles. The van der Waals surface area contributed by atoms with Crippen LogP contribution in [0.15, 0.2) is 53.6 Å². The van der Waals surface area contributed by atoms with Crippen molar-refractivity contribution in [2.75, 3.05) is 13.2 Å². The molecule has 1 amide bonds. The second kappa shape index (κ2) is 10.3. The largest absolute Gasteiger partial charge is 0.494 e. The smallest absolute Gasteiger partial charge is 0.284 e. The van der Waals surface area contributed by atoms with Crippen molar-refractivity contribution in [2.24, 2.45) is 5.10 Å². The van der Waals surface area contributed by atoms with Crippen LogP contribution in [-0.4, -0.2) is 31.4 Å². The first kappa shape index (κ1) is 19.7. The summed E-state index contributed by atoms with van der Waals surface area (Å²) in [7, 11) is 0. The van der Waals surface area contributed by atoms with Crippen molar-refractivity contribution in [3.63, 3.8) is 0 Å². The predicted octanol–water partition coefficient (Wildman–Crippen LogP) is 3.94. The van der Waals surface area contributed by atoms with Gasteiger partial charge in [-0.25, -0.2) is 5.43 Å². The SMILES string of the molecule is CCCCCCOc1ccc(C=NNC(=O)C2COc3ccccc3O2)cc1. The summed E-state index contributed by atoms with van der Waals surface area (Å²) in [5.74, 6) is 1.69. The molecule has 0 fully saturated rings. The van der Waals surface area contributed by atoms with Crippen LogP contribution in [0.5, 0.6) is 17.2 Å². The highest BCUT2D eigenvalue weighted by Crippen LogP contribution is 2.30. The van der Waals surface area contributed by atoms with Gasteiger partial charge in [-0.2, -0.15) is 5.10 Å². The van der Waals surface area contributed by atoms with Crippen LogP contribution >= 0.6 is 0 Å². The molecule has 0 radical (unpaired) electrons. The van der Waals surface area contributed by atoms with Crippen molar-refractivity contribution < 1.29 is 19.0 Å². The summed E-state index contributed by atoms with van der Waals surface area (Å²) in [4.78, 5) is 12.2. The van der Waals surface area contributed by atoms with Gasteiger partial charge in [-0.15, -0.1) is 0 Å². The summed E-state index contributed by atoms with van der Waals surface area (Å²) in [5, 5.41) is 4.00. The van der Waals surface area contributed by atoms with Crippen LogP contribution in [0.25, 0.3) is 0 Å². The number of carbonyl (C=O) groups excluding carboxylic acids is 1. The van der Waals surface area contributed by atoms with E-state index in [2.05, 4.69) is 17.5 Å². The lowest BCUT2D eigenvalue weighted by Crippen LogP contribution is -2.42. The lowest BCUT2D eigenvalue weighted by molar-refractivity contribution is -0.130. The molecule has 0 saturated carbocycles. The van der Waals surface area contributed by atoms with Crippen molar-refractivity contribution in [2.45, 2.75) is 38.7 Å². The van der Waals surface area contributed by atoms with Crippen LogP contribution in [-0.2, 0) is 4.79 Å². The third-order valence-electron chi connectivity index (χ3n) is 4.34. The molecular weight excluding hydrogens is 356 g/mol. The first-order valence-electron chi connectivity index (χ1n) is 9.70. The van der Waals surface area contributed by atoms with Crippen molar-refractivity contribution in [3.8, 4) is 17.2 Å². The van der Waals surface area contributed by atoms with Crippen LogP contribution in [0, 0.1) is 0 Å². The van der Waals surface area contributed by atoms with Crippen LogP contribution in [0.4, 0.5) is 0 Å². The summed E-state index contributed by atoms with van der Waals surface area (Å²) < 4.78 is 16.9. The van der Waals surface area contributed by atoms with Gasteiger partial charge in [0.2, 0.25) is 6.10 Å². The number of ether oxygens (including phenoxy) is 3. The van der Waals surface area contributed by atoms with Gasteiger partial charge in [0.05, 0.1) is 12.8 Å². The van der Waals surface area contributed by atoms with E-state index in [1.54, 1.807) is 18.3 Å². The fraction of sp³-hybridized carbons (Fsp3) is 0.364. The number of para-hydroxylation sites is 2. The van der Waals surface area contributed by atoms with E-state index >= 15 is 0 Å². The van der Waals surface area contributed by atoms with Gasteiger partial charge >= 0.3 is 0 Å². The van der Waals surface area contributed by atoms with Crippen LogP contribution in [0.3, 0.4) is 0 Å². The number of benzene rings is 2. The summed E-state index contributed by atoms with van der Waals surface area (Å²) in [6.07, 6.45) is 5.59. The molecule has 28 heavy (non-hydrogen) atoms. The van der Waals surface area contributed by atoms with E-state index in [1.807, 2.05) is 36.4 Å². The Morgan fingerprint density at radius 1 is 1.14 bits per heavy atom. The van der Waals surface area contributed by atoms with Gasteiger partial charge in [-0.3, -0.25) is 4.79 Å². The Hall–Kier alpha value is -3.02. The molecule has 0 aromatic heterocycles. The predicted molar refractivity (Wildman–Crippen MR) is 108 cm³/mol. The maximum Gasteiger partial charge on any atom is 0.284 e. The van der Waals surface area contributed by atoms with Gasteiger partial charge in [0.25, 0.3) is 5.91 Å². The van der Waals surface area contributed by atoms with E-state index in [9.17, 15) is 4.79 Å². The molecule has 3 rings (SSSR count). The molecule has 148 valence electrons. The van der Waals surface area contributed by atoms with Gasteiger partial charge in [0.15, 0.2) is 11.5 Å². The minimum absolute atomic E-state index is 0.155. The lowest BCUT2D eigenvalue weighted by Gasteiger charge is -2.24. The molecule has 1 atom stereocenters. The van der Waals surface area contributed by atoms with Gasteiger partial charge in [-0.05, 0) is 48.4 Å². The highest BCUT2D eigenvalue weighted by atomic mass is 16.6. The molecule has 6 nitrogen and oxygen atoms in total. The van der Waals surface area contributed by atoms with Crippen molar-refractivity contribution in [3.05, 3.63) is 54.1 Å². The number of amides is 1. The molecular formula is C22H26N2O4. The summed E-state index contributed by atoms with van der Waals surface area (Å²) >= 11 is 0. The van der Waals surface area contributed by atoms with Crippen LogP contribution < -0.4 is 19.6 Å². The summed E-state index contributed by atoms with van der Waals surface area (Å²) in [5.41, 5.74) is 3.36. The second-order valence-corrected chi connectivity index (χ2v) is 6.58. The number of hydrogen-bond acceptors (Lipinski definition) is 5. The van der Waals surface area contributed by atoms with E-state index in [-0.39, 0.29) is 12.5 Å². The van der Waals surface area contributed by atoms with Gasteiger partial charge in [0.1, 0.15) is 12.4 Å². The minimum atomic E-state index is -0.726. The Morgan fingerprint density at radius 3 is 2.71 bits per heavy atom. The third kappa shape index (κ3) is 5.74. The van der Waals surface area contributed by atoms with Crippen molar-refractivity contribution in [1.82, 2.24) is 5.43 Å². The average Bonchev–Trinajstić information content (AvgIpc) is 2.74. The zero-order chi connectivity index (χ0) is 19.6. The minimum Gasteiger partial charge on any atom is -0.494 e. The van der Waals surface area contributed by atoms with E-state index in [0.717, 1.165) is 24.3 Å². The number of hydrazone groups is 1. The maximum atomic E-state index is 12.2. The Morgan fingerprint density at radius 2 is 1.93 bits per heavy atom. The number of rotatable bonds is 9. The van der Waals surface area contributed by atoms with Crippen LogP contribution in [0.2, 0.25) is 0 Å². The molecule has 2 aromatic rings. The summed E-state index contributed by atoms with van der Waals surface area (Å²) in [6, 6.07) is 14.9. The van der Waals surface area contributed by atoms with Gasteiger partial charge in [0, 0.05) is 0 Å². The average molecular weight is 382 g/mol. The van der Waals surface area contributed by atoms with E-state index in [4.69, 9.17) is 14.2 Å². The molecule has 1 N–H and O–H groups in total. The van der Waals surface area contributed by atoms with Gasteiger partial charge < -0.3 is 14.2 Å². The van der Waals surface area contributed by atoms with E-state index in [0.29, 0.717) is 11.5 Å². The van der Waals surface area contributed by atoms with Crippen molar-refractivity contribution in [1.29, 1.82) is 0 Å². The molecule has 2 aromatic carbocycles. The lowest BCUT2D eigenvalue weighted by atomic mass is 10.2. The number of fused-ring (bicyclic) bond motifs is 1. The zero-order valence-electron chi connectivity index (χ0n) is 16.1. The van der Waals surface area contributed by atoms with E-state index in [1.165, 1.54) is 19.3 Å². The quantitative estimate of drug-likeness (QED) is 0.405. The molecule has 1 aliphatic heterocycles. The standard InChI is InChI=1S/C22H26N2O4/c1-2-3-4-7-14-26-18-12-10-17(11-13-18)15-23-24-22(25)21-16-27-19-8-5-6-9-20(19)28-21/h5-6,8-13,15,21H,2-4,7,14,16H2,1H3,(H,24,25). The monoisotopic (exact) mass is 382 g/mol. The molecule has 1 unspecified atom stereocenters. The number of nitrogens with one attached hydrogen (secondary N) is 1. The Labute approximate surface area is 165 Å². The number of unbranched alkanes of at least 4 members (excludes halogenated alkanes) is 3. The topological polar surface area (TPSA) is 69.2 Å². The highest BCUT2D eigenvalue weighted by molar-refractivity contribution is 5.85. The fourth-order valence-electron chi connectivity index (χ4n) is 2.76. The Kier molecular flexibility index (Phi) is 7.29. The molecule has 0 spiro atoms. The zero-order valence-corrected chi connectivity index (χ0v) is 16.1. The molecule has 1 heterocycles. The summed E-state index contributed by atoms with van der Waals surface area (Å²) in [6.45, 7) is 3.08. The first-order chi connectivity index (χ1) is 13.8. The first-order valence-corrected chi connectivity index (χ1v) is 9.70. The molecule has 0 aliphatic carbocycles. The number of hydrogen-bond donors (Lipinski definition) is 1.